The fraction of sp³-hybridized carbons (Fsp3) is 0.200. The van der Waals surface area contributed by atoms with E-state index >= 15 is 0 Å². The number of nitrogens with one attached hydrogen (secondary N) is 1. The van der Waals surface area contributed by atoms with Crippen LogP contribution in [0.5, 0.6) is 11.5 Å². The Morgan fingerprint density at radius 3 is 2.70 bits per heavy atom. The van der Waals surface area contributed by atoms with Crippen molar-refractivity contribution in [1.29, 1.82) is 0 Å². The van der Waals surface area contributed by atoms with E-state index in [2.05, 4.69) is 10.4 Å². The summed E-state index contributed by atoms with van der Waals surface area (Å²) in [6.07, 6.45) is 0. The Hall–Kier alpha value is -2.99. The second-order valence-corrected chi connectivity index (χ2v) is 6.66. The summed E-state index contributed by atoms with van der Waals surface area (Å²) in [4.78, 5) is 12.8. The van der Waals surface area contributed by atoms with Crippen molar-refractivity contribution in [3.8, 4) is 17.2 Å². The predicted octanol–water partition coefficient (Wildman–Crippen LogP) is 4.05. The molecule has 2 heterocycles. The van der Waals surface area contributed by atoms with E-state index in [-0.39, 0.29) is 23.9 Å². The molecule has 0 radical (unpaired) electrons. The number of halogens is 1. The van der Waals surface area contributed by atoms with Crippen LogP contribution in [0.25, 0.3) is 5.69 Å². The maximum atomic E-state index is 12.8. The standard InChI is InChI=1S/C20H18ClN3O3/c1-12(14-8-9-16-17(10-14)27-11-26-16)22-20(25)18-13(2)23-24(19(18)21)15-6-4-3-5-7-15/h3-10,12H,11H2,1-2H3,(H,22,25). The van der Waals surface area contributed by atoms with E-state index < -0.39 is 0 Å². The van der Waals surface area contributed by atoms with Gasteiger partial charge in [-0.15, -0.1) is 0 Å². The first-order chi connectivity index (χ1) is 13.0. The molecule has 0 aliphatic carbocycles. The zero-order chi connectivity index (χ0) is 19.0. The van der Waals surface area contributed by atoms with E-state index in [0.717, 1.165) is 11.3 Å². The molecule has 0 spiro atoms. The van der Waals surface area contributed by atoms with Gasteiger partial charge in [0.1, 0.15) is 5.15 Å². The number of hydrogen-bond acceptors (Lipinski definition) is 4. The third-order valence-corrected chi connectivity index (χ3v) is 4.83. The Balaban J connectivity index is 1.57. The number of hydrogen-bond donors (Lipinski definition) is 1. The lowest BCUT2D eigenvalue weighted by atomic mass is 10.1. The van der Waals surface area contributed by atoms with E-state index in [4.69, 9.17) is 21.1 Å². The fourth-order valence-electron chi connectivity index (χ4n) is 3.03. The molecule has 0 saturated carbocycles. The minimum Gasteiger partial charge on any atom is -0.454 e. The molecule has 1 aromatic heterocycles. The summed E-state index contributed by atoms with van der Waals surface area (Å²) >= 11 is 6.47. The van der Waals surface area contributed by atoms with Gasteiger partial charge in [0.15, 0.2) is 11.5 Å². The number of para-hydroxylation sites is 1. The fourth-order valence-corrected chi connectivity index (χ4v) is 3.39. The number of aryl methyl sites for hydroxylation is 1. The smallest absolute Gasteiger partial charge is 0.256 e. The molecule has 1 amide bonds. The van der Waals surface area contributed by atoms with Crippen molar-refractivity contribution in [3.05, 3.63) is 70.5 Å². The van der Waals surface area contributed by atoms with Crippen LogP contribution in [-0.4, -0.2) is 22.5 Å². The zero-order valence-electron chi connectivity index (χ0n) is 14.9. The Kier molecular flexibility index (Phi) is 4.49. The quantitative estimate of drug-likeness (QED) is 0.738. The monoisotopic (exact) mass is 383 g/mol. The highest BCUT2D eigenvalue weighted by Gasteiger charge is 2.23. The van der Waals surface area contributed by atoms with Crippen molar-refractivity contribution < 1.29 is 14.3 Å². The second kappa shape index (κ2) is 6.96. The van der Waals surface area contributed by atoms with E-state index in [9.17, 15) is 4.79 Å². The van der Waals surface area contributed by atoms with Gasteiger partial charge in [0, 0.05) is 0 Å². The summed E-state index contributed by atoms with van der Waals surface area (Å²) in [6, 6.07) is 14.8. The number of nitrogens with zero attached hydrogens (tertiary/aromatic N) is 2. The minimum absolute atomic E-state index is 0.215. The van der Waals surface area contributed by atoms with Crippen molar-refractivity contribution in [1.82, 2.24) is 15.1 Å². The molecule has 27 heavy (non-hydrogen) atoms. The van der Waals surface area contributed by atoms with E-state index in [1.165, 1.54) is 0 Å². The van der Waals surface area contributed by atoms with E-state index in [1.54, 1.807) is 11.6 Å². The van der Waals surface area contributed by atoms with Crippen LogP contribution in [0.4, 0.5) is 0 Å². The van der Waals surface area contributed by atoms with E-state index in [1.807, 2.05) is 55.5 Å². The van der Waals surface area contributed by atoms with Gasteiger partial charge in [-0.05, 0) is 43.7 Å². The van der Waals surface area contributed by atoms with Crippen molar-refractivity contribution >= 4 is 17.5 Å². The average Bonchev–Trinajstić information content (AvgIpc) is 3.25. The van der Waals surface area contributed by atoms with Gasteiger partial charge < -0.3 is 14.8 Å². The molecule has 0 fully saturated rings. The third-order valence-electron chi connectivity index (χ3n) is 4.48. The Morgan fingerprint density at radius 2 is 1.93 bits per heavy atom. The molecule has 0 saturated heterocycles. The minimum atomic E-state index is -0.273. The molecule has 3 aromatic rings. The summed E-state index contributed by atoms with van der Waals surface area (Å²) in [6.45, 7) is 3.89. The highest BCUT2D eigenvalue weighted by Crippen LogP contribution is 2.34. The lowest BCUT2D eigenvalue weighted by Gasteiger charge is -2.15. The van der Waals surface area contributed by atoms with Crippen molar-refractivity contribution in [2.24, 2.45) is 0 Å². The van der Waals surface area contributed by atoms with Crippen molar-refractivity contribution in [3.63, 3.8) is 0 Å². The maximum absolute atomic E-state index is 12.8. The number of benzene rings is 2. The highest BCUT2D eigenvalue weighted by molar-refractivity contribution is 6.33. The summed E-state index contributed by atoms with van der Waals surface area (Å²) < 4.78 is 12.3. The van der Waals surface area contributed by atoms with Gasteiger partial charge in [0.2, 0.25) is 6.79 Å². The molecule has 2 aromatic carbocycles. The molecular weight excluding hydrogens is 366 g/mol. The van der Waals surface area contributed by atoms with Gasteiger partial charge >= 0.3 is 0 Å². The molecular formula is C20H18ClN3O3. The number of carbonyl (C=O) groups excluding carboxylic acids is 1. The SMILES string of the molecule is Cc1nn(-c2ccccc2)c(Cl)c1C(=O)NC(C)c1ccc2c(c1)OCO2. The van der Waals surface area contributed by atoms with Crippen LogP contribution in [0, 0.1) is 6.92 Å². The van der Waals surface area contributed by atoms with Gasteiger partial charge in [-0.25, -0.2) is 4.68 Å². The summed E-state index contributed by atoms with van der Waals surface area (Å²) in [5.74, 6) is 1.12. The lowest BCUT2D eigenvalue weighted by molar-refractivity contribution is 0.0939. The molecule has 138 valence electrons. The lowest BCUT2D eigenvalue weighted by Crippen LogP contribution is -2.27. The van der Waals surface area contributed by atoms with Crippen LogP contribution in [-0.2, 0) is 0 Å². The number of fused-ring (bicyclic) bond motifs is 1. The first-order valence-corrected chi connectivity index (χ1v) is 8.93. The van der Waals surface area contributed by atoms with Crippen LogP contribution < -0.4 is 14.8 Å². The molecule has 1 unspecified atom stereocenters. The van der Waals surface area contributed by atoms with Crippen LogP contribution in [0.1, 0.15) is 34.6 Å². The molecule has 1 aliphatic rings. The van der Waals surface area contributed by atoms with Gasteiger partial charge in [0.25, 0.3) is 5.91 Å². The normalized spacial score (nSPS) is 13.4. The number of carbonyl (C=O) groups is 1. The maximum Gasteiger partial charge on any atom is 0.256 e. The molecule has 1 atom stereocenters. The molecule has 1 aliphatic heterocycles. The summed E-state index contributed by atoms with van der Waals surface area (Å²) in [5, 5.41) is 7.68. The topological polar surface area (TPSA) is 65.4 Å². The molecule has 4 rings (SSSR count). The van der Waals surface area contributed by atoms with Crippen LogP contribution in [0.3, 0.4) is 0 Å². The highest BCUT2D eigenvalue weighted by atomic mass is 35.5. The third kappa shape index (κ3) is 3.24. The first-order valence-electron chi connectivity index (χ1n) is 8.55. The van der Waals surface area contributed by atoms with Crippen molar-refractivity contribution in [2.45, 2.75) is 19.9 Å². The Bertz CT molecular complexity index is 1000. The second-order valence-electron chi connectivity index (χ2n) is 6.31. The number of aromatic nitrogens is 2. The van der Waals surface area contributed by atoms with Crippen LogP contribution in [0.2, 0.25) is 5.15 Å². The molecule has 7 heteroatoms. The largest absolute Gasteiger partial charge is 0.454 e. The van der Waals surface area contributed by atoms with Crippen molar-refractivity contribution in [2.75, 3.05) is 6.79 Å². The average molecular weight is 384 g/mol. The van der Waals surface area contributed by atoms with Crippen LogP contribution in [0.15, 0.2) is 48.5 Å². The summed E-state index contributed by atoms with van der Waals surface area (Å²) in [7, 11) is 0. The Labute approximate surface area is 161 Å². The van der Waals surface area contributed by atoms with Gasteiger partial charge in [0.05, 0.1) is 23.0 Å². The van der Waals surface area contributed by atoms with Gasteiger partial charge in [-0.1, -0.05) is 35.9 Å². The molecule has 6 nitrogen and oxygen atoms in total. The number of amides is 1. The first kappa shape index (κ1) is 17.4. The zero-order valence-corrected chi connectivity index (χ0v) is 15.7. The van der Waals surface area contributed by atoms with Gasteiger partial charge in [-0.3, -0.25) is 4.79 Å². The summed E-state index contributed by atoms with van der Waals surface area (Å²) in [5.41, 5.74) is 2.65. The molecule has 0 bridgehead atoms. The predicted molar refractivity (Wildman–Crippen MR) is 102 cm³/mol. The molecule has 1 N–H and O–H groups in total. The van der Waals surface area contributed by atoms with Gasteiger partial charge in [-0.2, -0.15) is 5.10 Å². The Morgan fingerprint density at radius 1 is 1.19 bits per heavy atom. The van der Waals surface area contributed by atoms with E-state index in [0.29, 0.717) is 22.8 Å². The number of rotatable bonds is 4. The van der Waals surface area contributed by atoms with Crippen LogP contribution >= 0.6 is 11.6 Å². The number of ether oxygens (including phenoxy) is 2.